The molecule has 0 radical (unpaired) electrons. The van der Waals surface area contributed by atoms with E-state index >= 15 is 0 Å². The van der Waals surface area contributed by atoms with Crippen molar-refractivity contribution in [2.45, 2.75) is 13.5 Å². The summed E-state index contributed by atoms with van der Waals surface area (Å²) in [5, 5.41) is 9.62. The predicted octanol–water partition coefficient (Wildman–Crippen LogP) is 3.35. The van der Waals surface area contributed by atoms with Gasteiger partial charge in [-0.1, -0.05) is 29.3 Å². The lowest BCUT2D eigenvalue weighted by Crippen LogP contribution is -2.01. The highest BCUT2D eigenvalue weighted by Crippen LogP contribution is 2.26. The van der Waals surface area contributed by atoms with Crippen LogP contribution in [0.25, 0.3) is 0 Å². The molecule has 0 bridgehead atoms. The molecule has 4 heteroatoms. The standard InChI is InChI=1S/C11H12Cl2O2/c1-8(5-12)7-15-11-4-2-3-10(13)9(11)6-14/h2-5,14H,6-7H2,1H3/b8-5-. The number of rotatable bonds is 4. The van der Waals surface area contributed by atoms with E-state index in [1.165, 1.54) is 5.54 Å². The Balaban J connectivity index is 2.80. The zero-order chi connectivity index (χ0) is 11.3. The van der Waals surface area contributed by atoms with Crippen LogP contribution in [-0.4, -0.2) is 11.7 Å². The van der Waals surface area contributed by atoms with Gasteiger partial charge >= 0.3 is 0 Å². The number of hydrogen-bond acceptors (Lipinski definition) is 2. The van der Waals surface area contributed by atoms with Crippen LogP contribution < -0.4 is 4.74 Å². The molecule has 0 aliphatic rings. The van der Waals surface area contributed by atoms with Gasteiger partial charge in [0.15, 0.2) is 0 Å². The third-order valence-corrected chi connectivity index (χ3v) is 2.60. The third-order valence-electron chi connectivity index (χ3n) is 1.88. The summed E-state index contributed by atoms with van der Waals surface area (Å²) >= 11 is 11.4. The van der Waals surface area contributed by atoms with E-state index in [-0.39, 0.29) is 6.61 Å². The highest BCUT2D eigenvalue weighted by Gasteiger charge is 2.06. The molecular weight excluding hydrogens is 235 g/mol. The molecule has 82 valence electrons. The highest BCUT2D eigenvalue weighted by atomic mass is 35.5. The summed E-state index contributed by atoms with van der Waals surface area (Å²) in [7, 11) is 0. The van der Waals surface area contributed by atoms with Gasteiger partial charge in [-0.2, -0.15) is 0 Å². The average molecular weight is 247 g/mol. The van der Waals surface area contributed by atoms with E-state index in [0.717, 1.165) is 5.57 Å². The van der Waals surface area contributed by atoms with Crippen molar-refractivity contribution in [1.29, 1.82) is 0 Å². The first-order valence-electron chi connectivity index (χ1n) is 4.46. The monoisotopic (exact) mass is 246 g/mol. The van der Waals surface area contributed by atoms with E-state index in [0.29, 0.717) is 22.9 Å². The number of halogens is 2. The molecular formula is C11H12Cl2O2. The van der Waals surface area contributed by atoms with Gasteiger partial charge in [0.1, 0.15) is 12.4 Å². The minimum absolute atomic E-state index is 0.140. The average Bonchev–Trinajstić information content (AvgIpc) is 2.25. The molecule has 0 aliphatic carbocycles. The molecule has 1 aromatic carbocycles. The Kier molecular flexibility index (Phi) is 4.95. The molecule has 0 aromatic heterocycles. The van der Waals surface area contributed by atoms with Crippen molar-refractivity contribution in [3.63, 3.8) is 0 Å². The number of aliphatic hydroxyl groups is 1. The van der Waals surface area contributed by atoms with E-state index < -0.39 is 0 Å². The Labute approximate surface area is 99.1 Å². The zero-order valence-corrected chi connectivity index (χ0v) is 9.85. The largest absolute Gasteiger partial charge is 0.489 e. The minimum atomic E-state index is -0.140. The molecule has 0 heterocycles. The van der Waals surface area contributed by atoms with Crippen LogP contribution in [0.15, 0.2) is 29.3 Å². The van der Waals surface area contributed by atoms with Gasteiger partial charge in [-0.3, -0.25) is 0 Å². The van der Waals surface area contributed by atoms with Gasteiger partial charge in [0.2, 0.25) is 0 Å². The van der Waals surface area contributed by atoms with Gasteiger partial charge in [0.05, 0.1) is 6.61 Å². The van der Waals surface area contributed by atoms with Crippen molar-refractivity contribution in [1.82, 2.24) is 0 Å². The van der Waals surface area contributed by atoms with Gasteiger partial charge in [-0.25, -0.2) is 0 Å². The van der Waals surface area contributed by atoms with E-state index in [4.69, 9.17) is 33.0 Å². The summed E-state index contributed by atoms with van der Waals surface area (Å²) in [6.07, 6.45) is 0. The van der Waals surface area contributed by atoms with Crippen molar-refractivity contribution in [3.05, 3.63) is 39.9 Å². The van der Waals surface area contributed by atoms with Crippen LogP contribution in [0.4, 0.5) is 0 Å². The first-order valence-corrected chi connectivity index (χ1v) is 5.27. The lowest BCUT2D eigenvalue weighted by Gasteiger charge is -2.11. The summed E-state index contributed by atoms with van der Waals surface area (Å²) < 4.78 is 5.46. The summed E-state index contributed by atoms with van der Waals surface area (Å²) in [6.45, 7) is 2.10. The normalized spacial score (nSPS) is 11.6. The van der Waals surface area contributed by atoms with E-state index in [1.54, 1.807) is 18.2 Å². The molecule has 1 rings (SSSR count). The van der Waals surface area contributed by atoms with Crippen molar-refractivity contribution in [3.8, 4) is 5.75 Å². The number of ether oxygens (including phenoxy) is 1. The molecule has 1 N–H and O–H groups in total. The van der Waals surface area contributed by atoms with E-state index in [1.807, 2.05) is 6.92 Å². The second-order valence-corrected chi connectivity index (χ2v) is 3.74. The fourth-order valence-corrected chi connectivity index (χ4v) is 1.34. The first-order chi connectivity index (χ1) is 7.19. The Morgan fingerprint density at radius 2 is 2.27 bits per heavy atom. The van der Waals surface area contributed by atoms with Gasteiger partial charge in [0.25, 0.3) is 0 Å². The lowest BCUT2D eigenvalue weighted by atomic mass is 10.2. The fraction of sp³-hybridized carbons (Fsp3) is 0.273. The summed E-state index contributed by atoms with van der Waals surface area (Å²) in [5.74, 6) is 0.586. The molecule has 0 aliphatic heterocycles. The maximum Gasteiger partial charge on any atom is 0.126 e. The topological polar surface area (TPSA) is 29.5 Å². The Hall–Kier alpha value is -0.700. The first kappa shape index (κ1) is 12.4. The number of hydrogen-bond donors (Lipinski definition) is 1. The predicted molar refractivity (Wildman–Crippen MR) is 62.5 cm³/mol. The molecule has 0 spiro atoms. The van der Waals surface area contributed by atoms with Crippen molar-refractivity contribution in [2.75, 3.05) is 6.61 Å². The zero-order valence-electron chi connectivity index (χ0n) is 8.34. The van der Waals surface area contributed by atoms with Crippen molar-refractivity contribution in [2.24, 2.45) is 0 Å². The lowest BCUT2D eigenvalue weighted by molar-refractivity contribution is 0.269. The summed E-state index contributed by atoms with van der Waals surface area (Å²) in [5.41, 5.74) is 2.96. The van der Waals surface area contributed by atoms with Crippen LogP contribution in [0, 0.1) is 0 Å². The Morgan fingerprint density at radius 3 is 2.87 bits per heavy atom. The summed E-state index contributed by atoms with van der Waals surface area (Å²) in [4.78, 5) is 0. The van der Waals surface area contributed by atoms with Crippen molar-refractivity contribution < 1.29 is 9.84 Å². The Bertz CT molecular complexity index is 362. The maximum absolute atomic E-state index is 9.12. The van der Waals surface area contributed by atoms with Crippen LogP contribution in [0.3, 0.4) is 0 Å². The van der Waals surface area contributed by atoms with Crippen LogP contribution in [0.1, 0.15) is 12.5 Å². The van der Waals surface area contributed by atoms with Gasteiger partial charge in [-0.15, -0.1) is 0 Å². The van der Waals surface area contributed by atoms with Crippen LogP contribution >= 0.6 is 23.2 Å². The smallest absolute Gasteiger partial charge is 0.126 e. The second-order valence-electron chi connectivity index (χ2n) is 3.12. The molecule has 1 aromatic rings. The SMILES string of the molecule is C/C(=C/Cl)COc1cccc(Cl)c1CO. The second kappa shape index (κ2) is 6.01. The maximum atomic E-state index is 9.12. The fourth-order valence-electron chi connectivity index (χ4n) is 1.05. The molecule has 2 nitrogen and oxygen atoms in total. The summed E-state index contributed by atoms with van der Waals surface area (Å²) in [6, 6.07) is 5.25. The number of aliphatic hydroxyl groups excluding tert-OH is 1. The molecule has 0 fully saturated rings. The highest BCUT2D eigenvalue weighted by molar-refractivity contribution is 6.31. The number of benzene rings is 1. The molecule has 0 atom stereocenters. The molecule has 0 amide bonds. The Morgan fingerprint density at radius 1 is 1.53 bits per heavy atom. The molecule has 15 heavy (non-hydrogen) atoms. The van der Waals surface area contributed by atoms with Crippen LogP contribution in [0.5, 0.6) is 5.75 Å². The third kappa shape index (κ3) is 3.42. The minimum Gasteiger partial charge on any atom is -0.489 e. The van der Waals surface area contributed by atoms with Gasteiger partial charge in [-0.05, 0) is 24.6 Å². The van der Waals surface area contributed by atoms with E-state index in [2.05, 4.69) is 0 Å². The molecule has 0 saturated heterocycles. The van der Waals surface area contributed by atoms with E-state index in [9.17, 15) is 0 Å². The van der Waals surface area contributed by atoms with Gasteiger partial charge in [0, 0.05) is 16.1 Å². The van der Waals surface area contributed by atoms with Crippen LogP contribution in [-0.2, 0) is 6.61 Å². The quantitative estimate of drug-likeness (QED) is 0.883. The molecule has 0 unspecified atom stereocenters. The molecule has 0 saturated carbocycles. The van der Waals surface area contributed by atoms with Crippen molar-refractivity contribution >= 4 is 23.2 Å². The van der Waals surface area contributed by atoms with Crippen LogP contribution in [0.2, 0.25) is 5.02 Å². The van der Waals surface area contributed by atoms with Gasteiger partial charge < -0.3 is 9.84 Å².